The van der Waals surface area contributed by atoms with Crippen LogP contribution in [0.4, 0.5) is 0 Å². The maximum absolute atomic E-state index is 12.3. The lowest BCUT2D eigenvalue weighted by atomic mass is 9.85. The van der Waals surface area contributed by atoms with Crippen molar-refractivity contribution in [1.29, 1.82) is 0 Å². The summed E-state index contributed by atoms with van der Waals surface area (Å²) < 4.78 is 0. The van der Waals surface area contributed by atoms with Crippen molar-refractivity contribution in [2.75, 3.05) is 13.6 Å². The summed E-state index contributed by atoms with van der Waals surface area (Å²) >= 11 is 1.79. The Morgan fingerprint density at radius 1 is 1.27 bits per heavy atom. The molecule has 0 aromatic carbocycles. The molecule has 2 aliphatic rings. The largest absolute Gasteiger partial charge is 0.356 e. The van der Waals surface area contributed by atoms with Crippen molar-refractivity contribution in [2.45, 2.75) is 70.4 Å². The second kappa shape index (κ2) is 9.35. The van der Waals surface area contributed by atoms with Gasteiger partial charge in [0.15, 0.2) is 5.96 Å². The Labute approximate surface area is 160 Å². The maximum atomic E-state index is 12.3. The number of aromatic nitrogens is 1. The number of nitrogens with one attached hydrogen (secondary N) is 3. The van der Waals surface area contributed by atoms with Gasteiger partial charge >= 0.3 is 0 Å². The zero-order valence-corrected chi connectivity index (χ0v) is 16.7. The van der Waals surface area contributed by atoms with E-state index < -0.39 is 0 Å². The first-order valence-corrected chi connectivity index (χ1v) is 10.7. The average Bonchev–Trinajstić information content (AvgIpc) is 3.35. The molecule has 3 rings (SSSR count). The number of nitrogens with zero attached hydrogens (tertiary/aromatic N) is 2. The number of aliphatic imine (C=N–C) groups is 1. The van der Waals surface area contributed by atoms with E-state index in [0.29, 0.717) is 12.1 Å². The zero-order valence-electron chi connectivity index (χ0n) is 15.9. The minimum absolute atomic E-state index is 0.141. The molecule has 2 fully saturated rings. The molecule has 0 radical (unpaired) electrons. The quantitative estimate of drug-likeness (QED) is 0.503. The van der Waals surface area contributed by atoms with Crippen LogP contribution in [0.3, 0.4) is 0 Å². The van der Waals surface area contributed by atoms with Crippen LogP contribution >= 0.6 is 11.3 Å². The Bertz CT molecular complexity index is 625. The first kappa shape index (κ1) is 19.1. The van der Waals surface area contributed by atoms with Crippen LogP contribution in [0.2, 0.25) is 0 Å². The minimum Gasteiger partial charge on any atom is -0.356 e. The van der Waals surface area contributed by atoms with E-state index in [9.17, 15) is 4.79 Å². The van der Waals surface area contributed by atoms with E-state index in [1.165, 1.54) is 9.88 Å². The van der Waals surface area contributed by atoms with Gasteiger partial charge in [0.25, 0.3) is 0 Å². The van der Waals surface area contributed by atoms with Crippen LogP contribution in [0, 0.1) is 5.92 Å². The Hall–Kier alpha value is -1.63. The third-order valence-corrected chi connectivity index (χ3v) is 6.32. The lowest BCUT2D eigenvalue weighted by Gasteiger charge is -2.30. The van der Waals surface area contributed by atoms with Gasteiger partial charge < -0.3 is 16.0 Å². The lowest BCUT2D eigenvalue weighted by Crippen LogP contribution is -2.47. The normalized spacial score (nSPS) is 23.5. The van der Waals surface area contributed by atoms with Crippen molar-refractivity contribution >= 4 is 23.2 Å². The molecule has 1 amide bonds. The molecular weight excluding hydrogens is 346 g/mol. The number of aryl methyl sites for hydroxylation is 1. The summed E-state index contributed by atoms with van der Waals surface area (Å²) in [4.78, 5) is 22.4. The standard InChI is InChI=1S/C19H31N5OS/c1-3-16-12-22-17(26-16)9-10-21-19(20-2)24-15-6-4-5-13(11-15)18(25)23-14-7-8-14/h12-15H,3-11H2,1-2H3,(H,23,25)(H2,20,21,24). The first-order valence-electron chi connectivity index (χ1n) is 9.89. The number of hydrogen-bond acceptors (Lipinski definition) is 4. The summed E-state index contributed by atoms with van der Waals surface area (Å²) in [5, 5.41) is 11.2. The topological polar surface area (TPSA) is 78.4 Å². The number of thiazole rings is 1. The molecule has 1 aromatic rings. The van der Waals surface area contributed by atoms with E-state index in [2.05, 4.69) is 32.9 Å². The Morgan fingerprint density at radius 2 is 2.12 bits per heavy atom. The van der Waals surface area contributed by atoms with Crippen LogP contribution in [-0.2, 0) is 17.6 Å². The van der Waals surface area contributed by atoms with Crippen LogP contribution in [0.25, 0.3) is 0 Å². The maximum Gasteiger partial charge on any atom is 0.223 e. The molecule has 2 saturated carbocycles. The summed E-state index contributed by atoms with van der Waals surface area (Å²) in [6, 6.07) is 0.765. The second-order valence-electron chi connectivity index (χ2n) is 7.31. The highest BCUT2D eigenvalue weighted by molar-refractivity contribution is 7.11. The van der Waals surface area contributed by atoms with Gasteiger partial charge in [-0.1, -0.05) is 13.3 Å². The highest BCUT2D eigenvalue weighted by atomic mass is 32.1. The van der Waals surface area contributed by atoms with Crippen LogP contribution in [0.15, 0.2) is 11.2 Å². The third kappa shape index (κ3) is 5.69. The monoisotopic (exact) mass is 377 g/mol. The number of hydrogen-bond donors (Lipinski definition) is 3. The number of rotatable bonds is 7. The number of carbonyl (C=O) groups is 1. The summed E-state index contributed by atoms with van der Waals surface area (Å²) in [5.41, 5.74) is 0. The lowest BCUT2D eigenvalue weighted by molar-refractivity contribution is -0.126. The van der Waals surface area contributed by atoms with Crippen LogP contribution in [0.5, 0.6) is 0 Å². The van der Waals surface area contributed by atoms with E-state index in [-0.39, 0.29) is 11.8 Å². The van der Waals surface area contributed by atoms with Gasteiger partial charge in [0, 0.05) is 49.1 Å². The van der Waals surface area contributed by atoms with E-state index in [4.69, 9.17) is 0 Å². The molecule has 2 atom stereocenters. The van der Waals surface area contributed by atoms with Crippen molar-refractivity contribution in [2.24, 2.45) is 10.9 Å². The molecule has 0 saturated heterocycles. The molecule has 2 aliphatic carbocycles. The minimum atomic E-state index is 0.141. The number of amides is 1. The van der Waals surface area contributed by atoms with Gasteiger partial charge in [-0.15, -0.1) is 11.3 Å². The van der Waals surface area contributed by atoms with Crippen molar-refractivity contribution in [3.63, 3.8) is 0 Å². The fourth-order valence-electron chi connectivity index (χ4n) is 3.41. The summed E-state index contributed by atoms with van der Waals surface area (Å²) in [7, 11) is 1.80. The van der Waals surface area contributed by atoms with Crippen molar-refractivity contribution < 1.29 is 4.79 Å². The Balaban J connectivity index is 1.41. The van der Waals surface area contributed by atoms with E-state index in [1.807, 2.05) is 6.20 Å². The molecule has 1 heterocycles. The summed E-state index contributed by atoms with van der Waals surface area (Å²) in [5.74, 6) is 1.21. The average molecular weight is 378 g/mol. The predicted octanol–water partition coefficient (Wildman–Crippen LogP) is 2.25. The Morgan fingerprint density at radius 3 is 2.81 bits per heavy atom. The van der Waals surface area contributed by atoms with Crippen LogP contribution < -0.4 is 16.0 Å². The molecule has 6 nitrogen and oxygen atoms in total. The summed E-state index contributed by atoms with van der Waals surface area (Å²) in [6.07, 6.45) is 10.3. The molecule has 7 heteroatoms. The van der Waals surface area contributed by atoms with Gasteiger partial charge in [0.1, 0.15) is 0 Å². The molecule has 144 valence electrons. The van der Waals surface area contributed by atoms with Crippen molar-refractivity contribution in [3.05, 3.63) is 16.1 Å². The molecule has 1 aromatic heterocycles. The van der Waals surface area contributed by atoms with Crippen LogP contribution in [-0.4, -0.2) is 42.5 Å². The molecule has 3 N–H and O–H groups in total. The fourth-order valence-corrected chi connectivity index (χ4v) is 4.27. The number of carbonyl (C=O) groups excluding carboxylic acids is 1. The van der Waals surface area contributed by atoms with Crippen LogP contribution in [0.1, 0.15) is 55.3 Å². The second-order valence-corrected chi connectivity index (χ2v) is 8.51. The highest BCUT2D eigenvalue weighted by Crippen LogP contribution is 2.26. The SMILES string of the molecule is CCc1cnc(CCNC(=NC)NC2CCCC(C(=O)NC3CC3)C2)s1. The molecular formula is C19H31N5OS. The van der Waals surface area contributed by atoms with E-state index in [0.717, 1.165) is 63.9 Å². The highest BCUT2D eigenvalue weighted by Gasteiger charge is 2.31. The van der Waals surface area contributed by atoms with Gasteiger partial charge in [-0.05, 0) is 38.5 Å². The molecule has 0 spiro atoms. The van der Waals surface area contributed by atoms with Gasteiger partial charge in [-0.2, -0.15) is 0 Å². The van der Waals surface area contributed by atoms with Crippen molar-refractivity contribution in [3.8, 4) is 0 Å². The van der Waals surface area contributed by atoms with Gasteiger partial charge in [-0.25, -0.2) is 4.98 Å². The van der Waals surface area contributed by atoms with E-state index in [1.54, 1.807) is 18.4 Å². The molecule has 0 aliphatic heterocycles. The molecule has 2 unspecified atom stereocenters. The Kier molecular flexibility index (Phi) is 6.88. The van der Waals surface area contributed by atoms with Crippen molar-refractivity contribution in [1.82, 2.24) is 20.9 Å². The molecule has 26 heavy (non-hydrogen) atoms. The smallest absolute Gasteiger partial charge is 0.223 e. The van der Waals surface area contributed by atoms with Gasteiger partial charge in [0.05, 0.1) is 5.01 Å². The fraction of sp³-hybridized carbons (Fsp3) is 0.737. The third-order valence-electron chi connectivity index (χ3n) is 5.11. The zero-order chi connectivity index (χ0) is 18.4. The number of guanidine groups is 1. The van der Waals surface area contributed by atoms with Gasteiger partial charge in [0.2, 0.25) is 5.91 Å². The summed E-state index contributed by atoms with van der Waals surface area (Å²) in [6.45, 7) is 2.97. The first-order chi connectivity index (χ1) is 12.7. The van der Waals surface area contributed by atoms with E-state index >= 15 is 0 Å². The molecule has 0 bridgehead atoms. The predicted molar refractivity (Wildman–Crippen MR) is 107 cm³/mol. The van der Waals surface area contributed by atoms with Gasteiger partial charge in [-0.3, -0.25) is 9.79 Å².